The topological polar surface area (TPSA) is 61.8 Å². The number of aliphatic hydroxyl groups is 1. The Morgan fingerprint density at radius 2 is 2.35 bits per heavy atom. The Kier molecular flexibility index (Phi) is 3.70. The molecule has 2 fully saturated rings. The van der Waals surface area contributed by atoms with Gasteiger partial charge in [0.15, 0.2) is 0 Å². The SMILES string of the molecule is CCNC1COCC1C(=O)N1CCC(C)(O)C1. The number of nitrogens with one attached hydrogen (secondary N) is 1. The number of β-amino-alcohol motifs (C(OH)–C–C–N with tert-alkyl or cyclic N) is 1. The average molecular weight is 242 g/mol. The molecular formula is C12H22N2O3. The molecule has 3 unspecified atom stereocenters. The molecule has 0 aromatic rings. The van der Waals surface area contributed by atoms with Gasteiger partial charge in [0, 0.05) is 19.1 Å². The van der Waals surface area contributed by atoms with Crippen molar-refractivity contribution in [1.29, 1.82) is 0 Å². The lowest BCUT2D eigenvalue weighted by Crippen LogP contribution is -2.46. The first kappa shape index (κ1) is 12.8. The zero-order valence-corrected chi connectivity index (χ0v) is 10.6. The molecule has 2 rings (SSSR count). The van der Waals surface area contributed by atoms with Gasteiger partial charge < -0.3 is 20.1 Å². The van der Waals surface area contributed by atoms with Crippen LogP contribution in [0.15, 0.2) is 0 Å². The summed E-state index contributed by atoms with van der Waals surface area (Å²) in [6, 6.07) is 0.123. The first-order valence-electron chi connectivity index (χ1n) is 6.36. The van der Waals surface area contributed by atoms with E-state index in [4.69, 9.17) is 4.74 Å². The number of amides is 1. The number of nitrogens with zero attached hydrogens (tertiary/aromatic N) is 1. The highest BCUT2D eigenvalue weighted by atomic mass is 16.5. The molecule has 0 spiro atoms. The predicted octanol–water partition coefficient (Wildman–Crippen LogP) is -0.406. The van der Waals surface area contributed by atoms with Crippen molar-refractivity contribution in [2.24, 2.45) is 5.92 Å². The van der Waals surface area contributed by atoms with Gasteiger partial charge in [-0.1, -0.05) is 6.92 Å². The molecular weight excluding hydrogens is 220 g/mol. The number of likely N-dealkylation sites (tertiary alicyclic amines) is 1. The van der Waals surface area contributed by atoms with E-state index in [1.165, 1.54) is 0 Å². The zero-order valence-electron chi connectivity index (χ0n) is 10.6. The first-order chi connectivity index (χ1) is 8.03. The molecule has 0 saturated carbocycles. The fourth-order valence-corrected chi connectivity index (χ4v) is 2.63. The van der Waals surface area contributed by atoms with E-state index in [-0.39, 0.29) is 17.9 Å². The van der Waals surface area contributed by atoms with Crippen molar-refractivity contribution in [2.45, 2.75) is 31.9 Å². The lowest BCUT2D eigenvalue weighted by molar-refractivity contribution is -0.135. The third kappa shape index (κ3) is 2.78. The lowest BCUT2D eigenvalue weighted by atomic mass is 10.0. The Hall–Kier alpha value is -0.650. The Balaban J connectivity index is 1.95. The molecule has 0 radical (unpaired) electrons. The molecule has 2 saturated heterocycles. The lowest BCUT2D eigenvalue weighted by Gasteiger charge is -2.24. The maximum absolute atomic E-state index is 12.3. The van der Waals surface area contributed by atoms with Gasteiger partial charge in [0.2, 0.25) is 5.91 Å². The van der Waals surface area contributed by atoms with Crippen LogP contribution in [0.2, 0.25) is 0 Å². The molecule has 0 aliphatic carbocycles. The minimum atomic E-state index is -0.719. The van der Waals surface area contributed by atoms with E-state index in [0.29, 0.717) is 32.7 Å². The summed E-state index contributed by atoms with van der Waals surface area (Å²) in [6.07, 6.45) is 0.665. The minimum Gasteiger partial charge on any atom is -0.388 e. The van der Waals surface area contributed by atoms with Gasteiger partial charge >= 0.3 is 0 Å². The summed E-state index contributed by atoms with van der Waals surface area (Å²) in [5.41, 5.74) is -0.719. The van der Waals surface area contributed by atoms with Gasteiger partial charge in [0.1, 0.15) is 0 Å². The standard InChI is InChI=1S/C12H22N2O3/c1-3-13-10-7-17-6-9(10)11(15)14-5-4-12(2,16)8-14/h9-10,13,16H,3-8H2,1-2H3. The van der Waals surface area contributed by atoms with Crippen molar-refractivity contribution < 1.29 is 14.6 Å². The Morgan fingerprint density at radius 3 is 2.94 bits per heavy atom. The van der Waals surface area contributed by atoms with E-state index >= 15 is 0 Å². The highest BCUT2D eigenvalue weighted by Gasteiger charge is 2.41. The van der Waals surface area contributed by atoms with Crippen LogP contribution < -0.4 is 5.32 Å². The zero-order chi connectivity index (χ0) is 12.5. The fraction of sp³-hybridized carbons (Fsp3) is 0.917. The van der Waals surface area contributed by atoms with Crippen molar-refractivity contribution in [3.05, 3.63) is 0 Å². The van der Waals surface area contributed by atoms with Gasteiger partial charge in [-0.05, 0) is 19.9 Å². The molecule has 0 bridgehead atoms. The van der Waals surface area contributed by atoms with Crippen molar-refractivity contribution in [2.75, 3.05) is 32.8 Å². The van der Waals surface area contributed by atoms with Crippen LogP contribution in [-0.4, -0.2) is 60.4 Å². The summed E-state index contributed by atoms with van der Waals surface area (Å²) in [5, 5.41) is 13.2. The molecule has 5 nitrogen and oxygen atoms in total. The van der Waals surface area contributed by atoms with Gasteiger partial charge in [0.25, 0.3) is 0 Å². The predicted molar refractivity (Wildman–Crippen MR) is 63.6 cm³/mol. The molecule has 98 valence electrons. The summed E-state index contributed by atoms with van der Waals surface area (Å²) in [5.74, 6) is 0.0232. The molecule has 3 atom stereocenters. The number of rotatable bonds is 3. The maximum atomic E-state index is 12.3. The molecule has 17 heavy (non-hydrogen) atoms. The van der Waals surface area contributed by atoms with E-state index in [1.54, 1.807) is 11.8 Å². The summed E-state index contributed by atoms with van der Waals surface area (Å²) < 4.78 is 5.38. The van der Waals surface area contributed by atoms with Crippen LogP contribution in [0.5, 0.6) is 0 Å². The normalized spacial score (nSPS) is 37.7. The highest BCUT2D eigenvalue weighted by molar-refractivity contribution is 5.80. The van der Waals surface area contributed by atoms with Crippen LogP contribution in [0.4, 0.5) is 0 Å². The Bertz CT molecular complexity index is 293. The largest absolute Gasteiger partial charge is 0.388 e. The molecule has 2 heterocycles. The van der Waals surface area contributed by atoms with E-state index < -0.39 is 5.60 Å². The second-order valence-electron chi connectivity index (χ2n) is 5.31. The van der Waals surface area contributed by atoms with Crippen LogP contribution in [0.3, 0.4) is 0 Å². The van der Waals surface area contributed by atoms with Crippen molar-refractivity contribution in [1.82, 2.24) is 10.2 Å². The number of carbonyl (C=O) groups excluding carboxylic acids is 1. The van der Waals surface area contributed by atoms with Crippen LogP contribution in [0, 0.1) is 5.92 Å². The van der Waals surface area contributed by atoms with Gasteiger partial charge in [-0.2, -0.15) is 0 Å². The van der Waals surface area contributed by atoms with E-state index in [1.807, 2.05) is 6.92 Å². The molecule has 0 aromatic carbocycles. The number of carbonyl (C=O) groups is 1. The van der Waals surface area contributed by atoms with Gasteiger partial charge in [-0.25, -0.2) is 0 Å². The summed E-state index contributed by atoms with van der Waals surface area (Å²) in [7, 11) is 0. The molecule has 5 heteroatoms. The summed E-state index contributed by atoms with van der Waals surface area (Å²) >= 11 is 0. The average Bonchev–Trinajstić information content (AvgIpc) is 2.84. The Labute approximate surface area is 102 Å². The van der Waals surface area contributed by atoms with Gasteiger partial charge in [-0.3, -0.25) is 4.79 Å². The Morgan fingerprint density at radius 1 is 1.59 bits per heavy atom. The van der Waals surface area contributed by atoms with Crippen molar-refractivity contribution in [3.63, 3.8) is 0 Å². The third-order valence-corrected chi connectivity index (χ3v) is 3.63. The van der Waals surface area contributed by atoms with Crippen molar-refractivity contribution >= 4 is 5.91 Å². The first-order valence-corrected chi connectivity index (χ1v) is 6.36. The number of hydrogen-bond acceptors (Lipinski definition) is 4. The number of ether oxygens (including phenoxy) is 1. The van der Waals surface area contributed by atoms with Crippen LogP contribution in [-0.2, 0) is 9.53 Å². The van der Waals surface area contributed by atoms with E-state index in [0.717, 1.165) is 6.54 Å². The second kappa shape index (κ2) is 4.92. The second-order valence-corrected chi connectivity index (χ2v) is 5.31. The molecule has 2 N–H and O–H groups in total. The van der Waals surface area contributed by atoms with Crippen LogP contribution >= 0.6 is 0 Å². The molecule has 2 aliphatic heterocycles. The quantitative estimate of drug-likeness (QED) is 0.706. The van der Waals surface area contributed by atoms with Crippen LogP contribution in [0.25, 0.3) is 0 Å². The van der Waals surface area contributed by atoms with E-state index in [2.05, 4.69) is 5.32 Å². The van der Waals surface area contributed by atoms with E-state index in [9.17, 15) is 9.90 Å². The van der Waals surface area contributed by atoms with Gasteiger partial charge in [0.05, 0.1) is 24.7 Å². The van der Waals surface area contributed by atoms with Crippen molar-refractivity contribution in [3.8, 4) is 0 Å². The summed E-state index contributed by atoms with van der Waals surface area (Å²) in [6.45, 7) is 6.86. The fourth-order valence-electron chi connectivity index (χ4n) is 2.63. The number of hydrogen-bond donors (Lipinski definition) is 2. The minimum absolute atomic E-state index is 0.0937. The third-order valence-electron chi connectivity index (χ3n) is 3.63. The molecule has 0 aromatic heterocycles. The maximum Gasteiger partial charge on any atom is 0.229 e. The van der Waals surface area contributed by atoms with Crippen LogP contribution in [0.1, 0.15) is 20.3 Å². The highest BCUT2D eigenvalue weighted by Crippen LogP contribution is 2.24. The molecule has 2 aliphatic rings. The number of likely N-dealkylation sites (N-methyl/N-ethyl adjacent to an activating group) is 1. The smallest absolute Gasteiger partial charge is 0.229 e. The monoisotopic (exact) mass is 242 g/mol. The van der Waals surface area contributed by atoms with Gasteiger partial charge in [-0.15, -0.1) is 0 Å². The summed E-state index contributed by atoms with van der Waals surface area (Å²) in [4.78, 5) is 14.1. The molecule has 1 amide bonds.